The molecule has 2 aromatic carbocycles. The molecule has 0 saturated carbocycles. The fourth-order valence-electron chi connectivity index (χ4n) is 3.20. The summed E-state index contributed by atoms with van der Waals surface area (Å²) < 4.78 is 1.55. The van der Waals surface area contributed by atoms with Gasteiger partial charge < -0.3 is 14.7 Å². The molecule has 4 aromatic rings. The van der Waals surface area contributed by atoms with Gasteiger partial charge in [-0.05, 0) is 22.9 Å². The van der Waals surface area contributed by atoms with Gasteiger partial charge in [-0.3, -0.25) is 0 Å². The fourth-order valence-corrected chi connectivity index (χ4v) is 3.20. The van der Waals surface area contributed by atoms with Crippen LogP contribution in [0.1, 0.15) is 17.4 Å². The number of carboxylic acid groups (broad SMARTS) is 1. The van der Waals surface area contributed by atoms with Crippen LogP contribution >= 0.6 is 0 Å². The molecule has 0 aliphatic heterocycles. The summed E-state index contributed by atoms with van der Waals surface area (Å²) in [5.74, 6) is -0.990. The molecule has 0 amide bonds. The zero-order valence-corrected chi connectivity index (χ0v) is 13.2. The van der Waals surface area contributed by atoms with E-state index in [4.69, 9.17) is 0 Å². The van der Waals surface area contributed by atoms with E-state index >= 15 is 0 Å². The molecule has 0 aliphatic rings. The van der Waals surface area contributed by atoms with Gasteiger partial charge in [0.15, 0.2) is 0 Å². The lowest BCUT2D eigenvalue weighted by Crippen LogP contribution is -2.22. The molecule has 0 saturated heterocycles. The highest BCUT2D eigenvalue weighted by Crippen LogP contribution is 2.29. The van der Waals surface area contributed by atoms with Gasteiger partial charge in [-0.2, -0.15) is 5.26 Å². The number of imidazole rings is 1. The lowest BCUT2D eigenvalue weighted by Gasteiger charge is -2.14. The van der Waals surface area contributed by atoms with Crippen molar-refractivity contribution in [3.8, 4) is 6.07 Å². The van der Waals surface area contributed by atoms with Crippen LogP contribution in [0.2, 0.25) is 0 Å². The number of fused-ring (bicyclic) bond motifs is 2. The summed E-state index contributed by atoms with van der Waals surface area (Å²) in [4.78, 5) is 18.7. The van der Waals surface area contributed by atoms with Crippen LogP contribution in [0, 0.1) is 11.3 Å². The van der Waals surface area contributed by atoms with Crippen LogP contribution < -0.4 is 0 Å². The number of hydrogen-bond donors (Lipinski definition) is 2. The van der Waals surface area contributed by atoms with Crippen LogP contribution in [-0.2, 0) is 11.2 Å². The summed E-state index contributed by atoms with van der Waals surface area (Å²) >= 11 is 0. The number of H-pyrrole nitrogens is 1. The molecule has 1 atom stereocenters. The third-order valence-electron chi connectivity index (χ3n) is 4.40. The van der Waals surface area contributed by atoms with E-state index in [-0.39, 0.29) is 6.42 Å². The summed E-state index contributed by atoms with van der Waals surface area (Å²) in [6.07, 6.45) is 5.08. The zero-order chi connectivity index (χ0) is 17.4. The largest absolute Gasteiger partial charge is 0.480 e. The third kappa shape index (κ3) is 2.52. The van der Waals surface area contributed by atoms with Crippen LogP contribution in [0.4, 0.5) is 0 Å². The van der Waals surface area contributed by atoms with Crippen LogP contribution in [0.3, 0.4) is 0 Å². The van der Waals surface area contributed by atoms with Crippen molar-refractivity contribution in [2.24, 2.45) is 0 Å². The second-order valence-electron chi connectivity index (χ2n) is 5.92. The smallest absolute Gasteiger partial charge is 0.327 e. The number of aliphatic carboxylic acids is 1. The first-order chi connectivity index (χ1) is 12.2. The average molecular weight is 330 g/mol. The number of rotatable bonds is 4. The normalized spacial score (nSPS) is 12.3. The number of carbonyl (C=O) groups is 1. The van der Waals surface area contributed by atoms with E-state index in [1.165, 1.54) is 6.33 Å². The van der Waals surface area contributed by atoms with Gasteiger partial charge in [0.1, 0.15) is 17.8 Å². The second kappa shape index (κ2) is 5.80. The minimum atomic E-state index is -0.990. The molecule has 0 bridgehead atoms. The van der Waals surface area contributed by atoms with E-state index in [1.54, 1.807) is 17.0 Å². The highest BCUT2D eigenvalue weighted by Gasteiger charge is 2.24. The lowest BCUT2D eigenvalue weighted by atomic mass is 10.1. The van der Waals surface area contributed by atoms with E-state index in [0.717, 1.165) is 21.5 Å². The van der Waals surface area contributed by atoms with Gasteiger partial charge in [0.05, 0.1) is 6.33 Å². The number of aromatic amines is 1. The van der Waals surface area contributed by atoms with Crippen LogP contribution in [0.25, 0.3) is 21.5 Å². The fraction of sp³-hybridized carbons (Fsp3) is 0.105. The number of carboxylic acids is 1. The molecule has 0 unspecified atom stereocenters. The summed E-state index contributed by atoms with van der Waals surface area (Å²) in [5.41, 5.74) is 1.06. The Morgan fingerprint density at radius 1 is 1.28 bits per heavy atom. The molecule has 122 valence electrons. The van der Waals surface area contributed by atoms with Gasteiger partial charge in [-0.1, -0.05) is 24.3 Å². The first-order valence-corrected chi connectivity index (χ1v) is 7.81. The lowest BCUT2D eigenvalue weighted by molar-refractivity contribution is -0.140. The van der Waals surface area contributed by atoms with E-state index in [9.17, 15) is 15.2 Å². The van der Waals surface area contributed by atoms with Crippen LogP contribution in [0.5, 0.6) is 0 Å². The Labute approximate surface area is 143 Å². The van der Waals surface area contributed by atoms with Crippen molar-refractivity contribution in [1.82, 2.24) is 14.5 Å². The number of hydrogen-bond acceptors (Lipinski definition) is 3. The van der Waals surface area contributed by atoms with Gasteiger partial charge in [0.2, 0.25) is 0 Å². The van der Waals surface area contributed by atoms with Crippen molar-refractivity contribution in [1.29, 1.82) is 5.26 Å². The van der Waals surface area contributed by atoms with E-state index < -0.39 is 12.0 Å². The summed E-state index contributed by atoms with van der Waals surface area (Å²) in [6.45, 7) is 0. The minimum Gasteiger partial charge on any atom is -0.480 e. The SMILES string of the molecule is N#Cc1c2cc3ccccc3cc2cn1[C@@H](Cc1cnc[nH]1)C(=O)O. The van der Waals surface area contributed by atoms with Gasteiger partial charge in [0, 0.05) is 35.3 Å². The molecule has 2 aromatic heterocycles. The number of nitrogens with one attached hydrogen (secondary N) is 1. The van der Waals surface area contributed by atoms with E-state index in [0.29, 0.717) is 11.4 Å². The molecule has 2 heterocycles. The monoisotopic (exact) mass is 330 g/mol. The summed E-state index contributed by atoms with van der Waals surface area (Å²) in [6, 6.07) is 13.1. The second-order valence-corrected chi connectivity index (χ2v) is 5.92. The molecule has 0 fully saturated rings. The number of nitriles is 1. The topological polar surface area (TPSA) is 94.7 Å². The Balaban J connectivity index is 1.91. The first kappa shape index (κ1) is 15.0. The summed E-state index contributed by atoms with van der Waals surface area (Å²) in [7, 11) is 0. The Hall–Kier alpha value is -3.59. The molecular formula is C19H14N4O2. The highest BCUT2D eigenvalue weighted by atomic mass is 16.4. The molecule has 6 heteroatoms. The van der Waals surface area contributed by atoms with Gasteiger partial charge in [-0.15, -0.1) is 0 Å². The van der Waals surface area contributed by atoms with Gasteiger partial charge in [-0.25, -0.2) is 9.78 Å². The average Bonchev–Trinajstić information content (AvgIpc) is 3.24. The molecule has 0 spiro atoms. The van der Waals surface area contributed by atoms with Crippen LogP contribution in [-0.4, -0.2) is 25.6 Å². The maximum absolute atomic E-state index is 11.8. The molecule has 0 aliphatic carbocycles. The van der Waals surface area contributed by atoms with E-state index in [2.05, 4.69) is 16.0 Å². The highest BCUT2D eigenvalue weighted by molar-refractivity contribution is 6.00. The predicted octanol–water partition coefficient (Wildman–Crippen LogP) is 3.26. The predicted molar refractivity (Wildman–Crippen MR) is 93.1 cm³/mol. The maximum Gasteiger partial charge on any atom is 0.327 e. The Kier molecular flexibility index (Phi) is 3.47. The summed E-state index contributed by atoms with van der Waals surface area (Å²) in [5, 5.41) is 23.0. The zero-order valence-electron chi connectivity index (χ0n) is 13.2. The van der Waals surface area contributed by atoms with Gasteiger partial charge in [0.25, 0.3) is 0 Å². The quantitative estimate of drug-likeness (QED) is 0.600. The molecule has 2 N–H and O–H groups in total. The Morgan fingerprint density at radius 2 is 2.04 bits per heavy atom. The van der Waals surface area contributed by atoms with Crippen molar-refractivity contribution >= 4 is 27.5 Å². The first-order valence-electron chi connectivity index (χ1n) is 7.81. The molecule has 0 radical (unpaired) electrons. The number of benzene rings is 2. The Morgan fingerprint density at radius 3 is 2.68 bits per heavy atom. The van der Waals surface area contributed by atoms with Crippen molar-refractivity contribution in [2.45, 2.75) is 12.5 Å². The van der Waals surface area contributed by atoms with Crippen molar-refractivity contribution in [3.63, 3.8) is 0 Å². The maximum atomic E-state index is 11.8. The standard InChI is InChI=1S/C19H14N4O2/c20-8-18-16-6-13-4-2-1-3-12(13)5-14(16)10-23(18)17(19(24)25)7-15-9-21-11-22-15/h1-6,9-11,17H,7H2,(H,21,22)(H,24,25)/t17-/m0/s1. The molecular weight excluding hydrogens is 316 g/mol. The third-order valence-corrected chi connectivity index (χ3v) is 4.40. The number of aromatic nitrogens is 3. The van der Waals surface area contributed by atoms with Crippen LogP contribution in [0.15, 0.2) is 55.1 Å². The van der Waals surface area contributed by atoms with Crippen molar-refractivity contribution in [3.05, 3.63) is 66.5 Å². The Bertz CT molecular complexity index is 1120. The minimum absolute atomic E-state index is 0.227. The molecule has 4 rings (SSSR count). The molecule has 6 nitrogen and oxygen atoms in total. The number of nitrogens with zero attached hydrogens (tertiary/aromatic N) is 3. The molecule has 25 heavy (non-hydrogen) atoms. The van der Waals surface area contributed by atoms with Crippen molar-refractivity contribution < 1.29 is 9.90 Å². The van der Waals surface area contributed by atoms with Crippen molar-refractivity contribution in [2.75, 3.05) is 0 Å². The van der Waals surface area contributed by atoms with Gasteiger partial charge >= 0.3 is 5.97 Å². The van der Waals surface area contributed by atoms with E-state index in [1.807, 2.05) is 36.4 Å².